The van der Waals surface area contributed by atoms with Crippen molar-refractivity contribution < 1.29 is 13.5 Å². The SMILES string of the molecule is N#Cc1c(Oc2cccc(F)c2F)ccnc1Cl. The van der Waals surface area contributed by atoms with Crippen LogP contribution < -0.4 is 4.74 Å². The van der Waals surface area contributed by atoms with E-state index in [0.29, 0.717) is 0 Å². The molecule has 1 aromatic carbocycles. The summed E-state index contributed by atoms with van der Waals surface area (Å²) in [6, 6.07) is 6.63. The monoisotopic (exact) mass is 266 g/mol. The zero-order valence-electron chi connectivity index (χ0n) is 8.82. The summed E-state index contributed by atoms with van der Waals surface area (Å²) in [5.74, 6) is -2.48. The minimum atomic E-state index is -1.13. The van der Waals surface area contributed by atoms with Crippen molar-refractivity contribution in [2.75, 3.05) is 0 Å². The first-order valence-corrected chi connectivity index (χ1v) is 5.17. The third-order valence-corrected chi connectivity index (χ3v) is 2.40. The molecule has 0 saturated heterocycles. The van der Waals surface area contributed by atoms with Crippen molar-refractivity contribution in [1.29, 1.82) is 5.26 Å². The van der Waals surface area contributed by atoms with Crippen LogP contribution >= 0.6 is 11.6 Å². The van der Waals surface area contributed by atoms with E-state index < -0.39 is 11.6 Å². The zero-order chi connectivity index (χ0) is 13.1. The molecule has 0 radical (unpaired) electrons. The van der Waals surface area contributed by atoms with E-state index in [1.54, 1.807) is 6.07 Å². The maximum Gasteiger partial charge on any atom is 0.201 e. The second-order valence-corrected chi connectivity index (χ2v) is 3.60. The van der Waals surface area contributed by atoms with E-state index in [9.17, 15) is 8.78 Å². The smallest absolute Gasteiger partial charge is 0.201 e. The molecule has 1 aromatic heterocycles. The number of pyridine rings is 1. The van der Waals surface area contributed by atoms with E-state index in [4.69, 9.17) is 21.6 Å². The van der Waals surface area contributed by atoms with E-state index in [2.05, 4.69) is 4.98 Å². The van der Waals surface area contributed by atoms with Crippen molar-refractivity contribution in [2.24, 2.45) is 0 Å². The summed E-state index contributed by atoms with van der Waals surface area (Å²) in [4.78, 5) is 3.69. The molecule has 0 aliphatic carbocycles. The molecule has 18 heavy (non-hydrogen) atoms. The van der Waals surface area contributed by atoms with Crippen molar-refractivity contribution in [3.8, 4) is 17.6 Å². The molecular weight excluding hydrogens is 262 g/mol. The van der Waals surface area contributed by atoms with Gasteiger partial charge in [-0.25, -0.2) is 9.37 Å². The van der Waals surface area contributed by atoms with Gasteiger partial charge in [0, 0.05) is 12.3 Å². The van der Waals surface area contributed by atoms with Crippen LogP contribution in [0.3, 0.4) is 0 Å². The van der Waals surface area contributed by atoms with Crippen LogP contribution in [0.25, 0.3) is 0 Å². The molecule has 0 saturated carbocycles. The highest BCUT2D eigenvalue weighted by Crippen LogP contribution is 2.30. The average Bonchev–Trinajstić information content (AvgIpc) is 2.35. The van der Waals surface area contributed by atoms with E-state index in [0.717, 1.165) is 6.07 Å². The third kappa shape index (κ3) is 2.24. The van der Waals surface area contributed by atoms with Crippen LogP contribution in [-0.2, 0) is 0 Å². The lowest BCUT2D eigenvalue weighted by Crippen LogP contribution is -1.94. The molecule has 0 unspecified atom stereocenters. The number of hydrogen-bond acceptors (Lipinski definition) is 3. The summed E-state index contributed by atoms with van der Waals surface area (Å²) in [5.41, 5.74) is -0.0390. The first kappa shape index (κ1) is 12.3. The predicted molar refractivity (Wildman–Crippen MR) is 60.4 cm³/mol. The molecule has 0 atom stereocenters. The molecular formula is C12H5ClF2N2O. The first-order valence-electron chi connectivity index (χ1n) is 4.80. The van der Waals surface area contributed by atoms with Gasteiger partial charge >= 0.3 is 0 Å². The number of rotatable bonds is 2. The summed E-state index contributed by atoms with van der Waals surface area (Å²) < 4.78 is 31.5. The topological polar surface area (TPSA) is 45.9 Å². The van der Waals surface area contributed by atoms with E-state index in [1.165, 1.54) is 24.4 Å². The van der Waals surface area contributed by atoms with Crippen LogP contribution in [-0.4, -0.2) is 4.98 Å². The van der Waals surface area contributed by atoms with Gasteiger partial charge in [0.15, 0.2) is 16.7 Å². The van der Waals surface area contributed by atoms with Gasteiger partial charge in [-0.05, 0) is 12.1 Å². The lowest BCUT2D eigenvalue weighted by Gasteiger charge is -2.08. The molecule has 0 fully saturated rings. The Morgan fingerprint density at radius 2 is 2.00 bits per heavy atom. The highest BCUT2D eigenvalue weighted by molar-refractivity contribution is 6.30. The number of aromatic nitrogens is 1. The highest BCUT2D eigenvalue weighted by Gasteiger charge is 2.14. The number of hydrogen-bond donors (Lipinski definition) is 0. The van der Waals surface area contributed by atoms with Crippen LogP contribution in [0.5, 0.6) is 11.5 Å². The molecule has 0 aliphatic heterocycles. The van der Waals surface area contributed by atoms with Gasteiger partial charge in [-0.2, -0.15) is 9.65 Å². The predicted octanol–water partition coefficient (Wildman–Crippen LogP) is 3.68. The van der Waals surface area contributed by atoms with Crippen LogP contribution in [0.1, 0.15) is 5.56 Å². The third-order valence-electron chi connectivity index (χ3n) is 2.11. The van der Waals surface area contributed by atoms with Crippen LogP contribution in [0.15, 0.2) is 30.5 Å². The molecule has 2 rings (SSSR count). The quantitative estimate of drug-likeness (QED) is 0.779. The Morgan fingerprint density at radius 1 is 1.22 bits per heavy atom. The Labute approximate surface area is 106 Å². The van der Waals surface area contributed by atoms with Gasteiger partial charge in [0.1, 0.15) is 17.4 Å². The molecule has 0 amide bonds. The fourth-order valence-electron chi connectivity index (χ4n) is 1.29. The van der Waals surface area contributed by atoms with Gasteiger partial charge in [0.2, 0.25) is 5.82 Å². The Morgan fingerprint density at radius 3 is 2.72 bits per heavy atom. The van der Waals surface area contributed by atoms with Gasteiger partial charge in [-0.15, -0.1) is 0 Å². The summed E-state index contributed by atoms with van der Waals surface area (Å²) in [5, 5.41) is 8.82. The number of benzene rings is 1. The van der Waals surface area contributed by atoms with Crippen molar-refractivity contribution in [2.45, 2.75) is 0 Å². The van der Waals surface area contributed by atoms with Crippen LogP contribution in [0.4, 0.5) is 8.78 Å². The maximum atomic E-state index is 13.4. The average molecular weight is 267 g/mol. The van der Waals surface area contributed by atoms with E-state index >= 15 is 0 Å². The second kappa shape index (κ2) is 4.98. The summed E-state index contributed by atoms with van der Waals surface area (Å²) >= 11 is 5.69. The van der Waals surface area contributed by atoms with Gasteiger partial charge in [0.25, 0.3) is 0 Å². The van der Waals surface area contributed by atoms with E-state index in [1.807, 2.05) is 0 Å². The molecule has 0 aliphatic rings. The van der Waals surface area contributed by atoms with Crippen molar-refractivity contribution >= 4 is 11.6 Å². The number of halogens is 3. The summed E-state index contributed by atoms with van der Waals surface area (Å²) in [6.07, 6.45) is 1.30. The molecule has 0 bridgehead atoms. The standard InChI is InChI=1S/C12H5ClF2N2O/c13-12-7(6-16)9(4-5-17-12)18-10-3-1-2-8(14)11(10)15/h1-5H. The molecule has 2 aromatic rings. The summed E-state index contributed by atoms with van der Waals surface area (Å²) in [6.45, 7) is 0. The lowest BCUT2D eigenvalue weighted by atomic mass is 10.2. The Bertz CT molecular complexity index is 640. The van der Waals surface area contributed by atoms with E-state index in [-0.39, 0.29) is 22.2 Å². The number of nitriles is 1. The molecule has 0 N–H and O–H groups in total. The molecule has 1 heterocycles. The Hall–Kier alpha value is -2.19. The van der Waals surface area contributed by atoms with Crippen LogP contribution in [0.2, 0.25) is 5.15 Å². The first-order chi connectivity index (χ1) is 8.63. The van der Waals surface area contributed by atoms with Gasteiger partial charge in [0.05, 0.1) is 0 Å². The van der Waals surface area contributed by atoms with Crippen molar-refractivity contribution in [3.63, 3.8) is 0 Å². The Balaban J connectivity index is 2.44. The van der Waals surface area contributed by atoms with Gasteiger partial charge in [-0.1, -0.05) is 17.7 Å². The fourth-order valence-corrected chi connectivity index (χ4v) is 1.48. The maximum absolute atomic E-state index is 13.4. The van der Waals surface area contributed by atoms with Crippen molar-refractivity contribution in [3.05, 3.63) is 52.8 Å². The molecule has 6 heteroatoms. The number of ether oxygens (including phenoxy) is 1. The van der Waals surface area contributed by atoms with Crippen molar-refractivity contribution in [1.82, 2.24) is 4.98 Å². The highest BCUT2D eigenvalue weighted by atomic mass is 35.5. The zero-order valence-corrected chi connectivity index (χ0v) is 9.58. The molecule has 3 nitrogen and oxygen atoms in total. The fraction of sp³-hybridized carbons (Fsp3) is 0. The number of nitrogens with zero attached hydrogens (tertiary/aromatic N) is 2. The lowest BCUT2D eigenvalue weighted by molar-refractivity contribution is 0.415. The normalized spacial score (nSPS) is 9.89. The largest absolute Gasteiger partial charge is 0.453 e. The molecule has 90 valence electrons. The summed E-state index contributed by atoms with van der Waals surface area (Å²) in [7, 11) is 0. The van der Waals surface area contributed by atoms with Gasteiger partial charge < -0.3 is 4.74 Å². The Kier molecular flexibility index (Phi) is 3.40. The minimum absolute atomic E-state index is 0.0157. The molecule has 0 spiro atoms. The van der Waals surface area contributed by atoms with Gasteiger partial charge in [-0.3, -0.25) is 0 Å². The van der Waals surface area contributed by atoms with Crippen LogP contribution in [0, 0.1) is 23.0 Å². The minimum Gasteiger partial charge on any atom is -0.453 e. The second-order valence-electron chi connectivity index (χ2n) is 3.24.